The fourth-order valence-corrected chi connectivity index (χ4v) is 1.65. The van der Waals surface area contributed by atoms with Crippen LogP contribution >= 0.6 is 0 Å². The van der Waals surface area contributed by atoms with Crippen LogP contribution in [-0.2, 0) is 17.8 Å². The third-order valence-electron chi connectivity index (χ3n) is 2.66. The Kier molecular flexibility index (Phi) is 4.07. The van der Waals surface area contributed by atoms with E-state index in [0.29, 0.717) is 12.2 Å². The molecule has 1 N–H and O–H groups in total. The van der Waals surface area contributed by atoms with Crippen molar-refractivity contribution in [3.63, 3.8) is 0 Å². The van der Waals surface area contributed by atoms with Crippen molar-refractivity contribution in [3.8, 4) is 5.75 Å². The molecule has 0 amide bonds. The second-order valence-electron chi connectivity index (χ2n) is 3.99. The molecule has 0 saturated heterocycles. The van der Waals surface area contributed by atoms with Crippen LogP contribution in [0.5, 0.6) is 5.75 Å². The van der Waals surface area contributed by atoms with Gasteiger partial charge >= 0.3 is 5.97 Å². The number of aliphatic carboxylic acids is 1. The molecule has 2 aromatic rings. The molecule has 0 fully saturated rings. The largest absolute Gasteiger partial charge is 0.497 e. The lowest BCUT2D eigenvalue weighted by atomic mass is 10.1. The maximum atomic E-state index is 10.5. The first kappa shape index (κ1) is 13.0. The van der Waals surface area contributed by atoms with E-state index in [0.717, 1.165) is 11.3 Å². The van der Waals surface area contributed by atoms with E-state index in [-0.39, 0.29) is 13.0 Å². The highest BCUT2D eigenvalue weighted by molar-refractivity contribution is 5.66. The van der Waals surface area contributed by atoms with E-state index in [1.165, 1.54) is 4.68 Å². The molecule has 0 aliphatic rings. The molecular weight excluding hydrogens is 248 g/mol. The van der Waals surface area contributed by atoms with E-state index in [1.807, 2.05) is 24.3 Å². The number of nitrogens with zero attached hydrogens (tertiary/aromatic N) is 4. The van der Waals surface area contributed by atoms with Gasteiger partial charge in [-0.05, 0) is 28.1 Å². The lowest BCUT2D eigenvalue weighted by molar-refractivity contribution is -0.137. The van der Waals surface area contributed by atoms with E-state index < -0.39 is 5.97 Å². The minimum absolute atomic E-state index is 0.000647. The number of aromatic nitrogens is 4. The molecule has 7 nitrogen and oxygen atoms in total. The fraction of sp³-hybridized carbons (Fsp3) is 0.333. The van der Waals surface area contributed by atoms with Crippen molar-refractivity contribution in [3.05, 3.63) is 35.7 Å². The van der Waals surface area contributed by atoms with Crippen molar-refractivity contribution < 1.29 is 14.6 Å². The van der Waals surface area contributed by atoms with Gasteiger partial charge in [-0.25, -0.2) is 4.68 Å². The Labute approximate surface area is 109 Å². The molecule has 100 valence electrons. The second kappa shape index (κ2) is 5.94. The van der Waals surface area contributed by atoms with Crippen LogP contribution in [0.3, 0.4) is 0 Å². The number of carboxylic acid groups (broad SMARTS) is 1. The van der Waals surface area contributed by atoms with Gasteiger partial charge in [0.1, 0.15) is 5.75 Å². The maximum absolute atomic E-state index is 10.5. The molecule has 0 aliphatic carbocycles. The van der Waals surface area contributed by atoms with Crippen molar-refractivity contribution in [1.82, 2.24) is 20.2 Å². The predicted molar refractivity (Wildman–Crippen MR) is 65.9 cm³/mol. The molecule has 1 aromatic carbocycles. The summed E-state index contributed by atoms with van der Waals surface area (Å²) in [6.45, 7) is 0.272. The van der Waals surface area contributed by atoms with Gasteiger partial charge in [0, 0.05) is 6.42 Å². The van der Waals surface area contributed by atoms with Crippen LogP contribution in [0.4, 0.5) is 0 Å². The van der Waals surface area contributed by atoms with Crippen LogP contribution in [0.2, 0.25) is 0 Å². The molecule has 2 rings (SSSR count). The normalized spacial score (nSPS) is 10.4. The predicted octanol–water partition coefficient (Wildman–Crippen LogP) is 0.747. The van der Waals surface area contributed by atoms with E-state index in [1.54, 1.807) is 7.11 Å². The zero-order valence-electron chi connectivity index (χ0n) is 10.5. The monoisotopic (exact) mass is 262 g/mol. The number of tetrazole rings is 1. The molecule has 1 aromatic heterocycles. The summed E-state index contributed by atoms with van der Waals surface area (Å²) in [7, 11) is 1.61. The Morgan fingerprint density at radius 2 is 2.11 bits per heavy atom. The van der Waals surface area contributed by atoms with Crippen LogP contribution in [0.15, 0.2) is 24.3 Å². The Hall–Kier alpha value is -2.44. The molecule has 0 unspecified atom stereocenters. The van der Waals surface area contributed by atoms with Crippen molar-refractivity contribution in [2.45, 2.75) is 19.4 Å². The van der Waals surface area contributed by atoms with Crippen molar-refractivity contribution in [1.29, 1.82) is 0 Å². The highest BCUT2D eigenvalue weighted by Crippen LogP contribution is 2.13. The Morgan fingerprint density at radius 3 is 2.74 bits per heavy atom. The highest BCUT2D eigenvalue weighted by Gasteiger charge is 2.08. The van der Waals surface area contributed by atoms with Crippen LogP contribution < -0.4 is 4.74 Å². The van der Waals surface area contributed by atoms with Gasteiger partial charge in [0.2, 0.25) is 0 Å². The molecule has 7 heteroatoms. The van der Waals surface area contributed by atoms with Crippen LogP contribution in [0, 0.1) is 0 Å². The minimum atomic E-state index is -0.870. The van der Waals surface area contributed by atoms with Crippen molar-refractivity contribution in [2.24, 2.45) is 0 Å². The first-order valence-corrected chi connectivity index (χ1v) is 5.79. The third kappa shape index (κ3) is 3.51. The summed E-state index contributed by atoms with van der Waals surface area (Å²) < 4.78 is 6.59. The first-order valence-electron chi connectivity index (χ1n) is 5.79. The number of carbonyl (C=O) groups is 1. The Balaban J connectivity index is 2.05. The van der Waals surface area contributed by atoms with Gasteiger partial charge in [0.15, 0.2) is 5.82 Å². The van der Waals surface area contributed by atoms with Gasteiger partial charge in [-0.3, -0.25) is 4.79 Å². The number of hydrogen-bond acceptors (Lipinski definition) is 5. The lowest BCUT2D eigenvalue weighted by Crippen LogP contribution is -2.10. The van der Waals surface area contributed by atoms with Gasteiger partial charge in [0.05, 0.1) is 20.1 Å². The van der Waals surface area contributed by atoms with E-state index in [9.17, 15) is 4.79 Å². The number of ether oxygens (including phenoxy) is 1. The Morgan fingerprint density at radius 1 is 1.37 bits per heavy atom. The summed E-state index contributed by atoms with van der Waals surface area (Å²) in [5.74, 6) is 0.562. The van der Waals surface area contributed by atoms with Crippen LogP contribution in [0.25, 0.3) is 0 Å². The SMILES string of the molecule is COc1ccc(Cc2nnnn2CCC(=O)O)cc1. The summed E-state index contributed by atoms with van der Waals surface area (Å²) in [5.41, 5.74) is 1.03. The van der Waals surface area contributed by atoms with Crippen LogP contribution in [-0.4, -0.2) is 38.4 Å². The average Bonchev–Trinajstić information content (AvgIpc) is 2.84. The average molecular weight is 262 g/mol. The number of rotatable bonds is 6. The molecule has 0 bridgehead atoms. The van der Waals surface area contributed by atoms with Gasteiger partial charge in [-0.15, -0.1) is 5.10 Å². The maximum Gasteiger partial charge on any atom is 0.305 e. The summed E-state index contributed by atoms with van der Waals surface area (Å²) >= 11 is 0. The Bertz CT molecular complexity index is 550. The van der Waals surface area contributed by atoms with Gasteiger partial charge in [-0.1, -0.05) is 12.1 Å². The highest BCUT2D eigenvalue weighted by atomic mass is 16.5. The van der Waals surface area contributed by atoms with E-state index in [2.05, 4.69) is 15.5 Å². The van der Waals surface area contributed by atoms with E-state index in [4.69, 9.17) is 9.84 Å². The molecule has 0 spiro atoms. The van der Waals surface area contributed by atoms with Gasteiger partial charge < -0.3 is 9.84 Å². The molecule has 0 radical (unpaired) electrons. The van der Waals surface area contributed by atoms with Crippen molar-refractivity contribution >= 4 is 5.97 Å². The van der Waals surface area contributed by atoms with E-state index >= 15 is 0 Å². The van der Waals surface area contributed by atoms with Gasteiger partial charge in [-0.2, -0.15) is 0 Å². The summed E-state index contributed by atoms with van der Waals surface area (Å²) in [6, 6.07) is 7.57. The van der Waals surface area contributed by atoms with Gasteiger partial charge in [0.25, 0.3) is 0 Å². The number of benzene rings is 1. The summed E-state index contributed by atoms with van der Waals surface area (Å²) in [4.78, 5) is 10.5. The van der Waals surface area contributed by atoms with Crippen molar-refractivity contribution in [2.75, 3.05) is 7.11 Å². The van der Waals surface area contributed by atoms with Crippen LogP contribution in [0.1, 0.15) is 17.8 Å². The molecule has 0 saturated carbocycles. The number of methoxy groups -OCH3 is 1. The molecule has 0 atom stereocenters. The molecule has 0 aliphatic heterocycles. The lowest BCUT2D eigenvalue weighted by Gasteiger charge is -2.04. The fourth-order valence-electron chi connectivity index (χ4n) is 1.65. The summed E-state index contributed by atoms with van der Waals surface area (Å²) in [5, 5.41) is 19.9. The molecular formula is C12H14N4O3. The molecule has 1 heterocycles. The number of hydrogen-bond donors (Lipinski definition) is 1. The zero-order valence-corrected chi connectivity index (χ0v) is 10.5. The zero-order chi connectivity index (χ0) is 13.7. The third-order valence-corrected chi connectivity index (χ3v) is 2.66. The number of carboxylic acids is 1. The molecule has 19 heavy (non-hydrogen) atoms. The smallest absolute Gasteiger partial charge is 0.305 e. The minimum Gasteiger partial charge on any atom is -0.497 e. The second-order valence-corrected chi connectivity index (χ2v) is 3.99. The topological polar surface area (TPSA) is 90.1 Å². The number of aryl methyl sites for hydroxylation is 1. The quantitative estimate of drug-likeness (QED) is 0.826. The summed E-state index contributed by atoms with van der Waals surface area (Å²) in [6.07, 6.45) is 0.553. The standard InChI is InChI=1S/C12H14N4O3/c1-19-10-4-2-9(3-5-10)8-11-13-14-15-16(11)7-6-12(17)18/h2-5H,6-8H2,1H3,(H,17,18). The first-order chi connectivity index (χ1) is 9.19.